The van der Waals surface area contributed by atoms with E-state index < -0.39 is 0 Å². The van der Waals surface area contributed by atoms with Crippen LogP contribution in [0.2, 0.25) is 0 Å². The Morgan fingerprint density at radius 2 is 1.72 bits per heavy atom. The number of carbonyl (C=O) groups is 2. The highest BCUT2D eigenvalue weighted by Gasteiger charge is 2.09. The highest BCUT2D eigenvalue weighted by Crippen LogP contribution is 2.16. The molecule has 0 fully saturated rings. The van der Waals surface area contributed by atoms with Crippen molar-refractivity contribution < 1.29 is 14.3 Å². The van der Waals surface area contributed by atoms with Crippen molar-refractivity contribution in [2.24, 2.45) is 5.92 Å². The zero-order valence-electron chi connectivity index (χ0n) is 14.8. The highest BCUT2D eigenvalue weighted by molar-refractivity contribution is 6.05. The summed E-state index contributed by atoms with van der Waals surface area (Å²) in [5, 5.41) is 5.54. The minimum absolute atomic E-state index is 0.162. The quantitative estimate of drug-likeness (QED) is 0.807. The first-order chi connectivity index (χ1) is 12.0. The van der Waals surface area contributed by atoms with Crippen molar-refractivity contribution in [3.63, 3.8) is 0 Å². The number of hydrogen-bond acceptors (Lipinski definition) is 3. The molecule has 0 aliphatic rings. The Hall–Kier alpha value is -2.82. The van der Waals surface area contributed by atoms with E-state index in [0.717, 1.165) is 5.75 Å². The third kappa shape index (κ3) is 5.64. The molecule has 0 radical (unpaired) electrons. The minimum atomic E-state index is -0.233. The lowest BCUT2D eigenvalue weighted by Gasteiger charge is -2.10. The molecule has 2 aromatic rings. The molecule has 0 aromatic heterocycles. The molecule has 0 heterocycles. The van der Waals surface area contributed by atoms with Crippen LogP contribution in [0.15, 0.2) is 48.5 Å². The summed E-state index contributed by atoms with van der Waals surface area (Å²) in [7, 11) is 0. The lowest BCUT2D eigenvalue weighted by Crippen LogP contribution is -2.22. The van der Waals surface area contributed by atoms with E-state index in [1.807, 2.05) is 6.92 Å². The molecular weight excluding hydrogens is 316 g/mol. The summed E-state index contributed by atoms with van der Waals surface area (Å²) in [5.74, 6) is 0.789. The highest BCUT2D eigenvalue weighted by atomic mass is 16.5. The second kappa shape index (κ2) is 8.87. The lowest BCUT2D eigenvalue weighted by atomic mass is 10.1. The fourth-order valence-electron chi connectivity index (χ4n) is 2.17. The number of hydrogen-bond donors (Lipinski definition) is 2. The maximum Gasteiger partial charge on any atom is 0.255 e. The third-order valence-corrected chi connectivity index (χ3v) is 3.42. The normalized spacial score (nSPS) is 10.4. The maximum atomic E-state index is 12.3. The monoisotopic (exact) mass is 340 g/mol. The SMILES string of the molecule is CCNC(=O)c1cccc(NC(=O)c2ccc(OCC(C)C)cc2)c1. The van der Waals surface area contributed by atoms with Gasteiger partial charge in [-0.1, -0.05) is 19.9 Å². The molecule has 2 rings (SSSR count). The summed E-state index contributed by atoms with van der Waals surface area (Å²) >= 11 is 0. The molecular formula is C20H24N2O3. The van der Waals surface area contributed by atoms with E-state index in [2.05, 4.69) is 24.5 Å². The minimum Gasteiger partial charge on any atom is -0.493 e. The summed E-state index contributed by atoms with van der Waals surface area (Å²) in [6.07, 6.45) is 0. The van der Waals surface area contributed by atoms with Gasteiger partial charge in [-0.25, -0.2) is 0 Å². The van der Waals surface area contributed by atoms with Gasteiger partial charge in [-0.15, -0.1) is 0 Å². The molecule has 0 aliphatic carbocycles. The first-order valence-electron chi connectivity index (χ1n) is 8.42. The number of carbonyl (C=O) groups excluding carboxylic acids is 2. The van der Waals surface area contributed by atoms with E-state index in [1.165, 1.54) is 0 Å². The Kier molecular flexibility index (Phi) is 6.57. The zero-order valence-corrected chi connectivity index (χ0v) is 14.8. The van der Waals surface area contributed by atoms with Gasteiger partial charge in [0, 0.05) is 23.4 Å². The van der Waals surface area contributed by atoms with Crippen LogP contribution in [0.4, 0.5) is 5.69 Å². The van der Waals surface area contributed by atoms with Gasteiger partial charge in [-0.3, -0.25) is 9.59 Å². The van der Waals surface area contributed by atoms with Gasteiger partial charge in [0.15, 0.2) is 0 Å². The van der Waals surface area contributed by atoms with Gasteiger partial charge in [0.2, 0.25) is 0 Å². The van der Waals surface area contributed by atoms with Crippen molar-refractivity contribution in [3.8, 4) is 5.75 Å². The van der Waals surface area contributed by atoms with Crippen molar-refractivity contribution in [2.75, 3.05) is 18.5 Å². The number of nitrogens with one attached hydrogen (secondary N) is 2. The number of rotatable bonds is 7. The molecule has 2 N–H and O–H groups in total. The van der Waals surface area contributed by atoms with Crippen LogP contribution in [0.1, 0.15) is 41.5 Å². The number of anilines is 1. The molecule has 0 bridgehead atoms. The van der Waals surface area contributed by atoms with Gasteiger partial charge in [0.25, 0.3) is 11.8 Å². The Morgan fingerprint density at radius 1 is 1.00 bits per heavy atom. The molecule has 0 saturated heterocycles. The molecule has 2 amide bonds. The van der Waals surface area contributed by atoms with Gasteiger partial charge in [0.1, 0.15) is 5.75 Å². The second-order valence-corrected chi connectivity index (χ2v) is 6.12. The van der Waals surface area contributed by atoms with Gasteiger partial charge >= 0.3 is 0 Å². The third-order valence-electron chi connectivity index (χ3n) is 3.42. The fourth-order valence-corrected chi connectivity index (χ4v) is 2.17. The standard InChI is InChI=1S/C20H24N2O3/c1-4-21-19(23)16-6-5-7-17(12-16)22-20(24)15-8-10-18(11-9-15)25-13-14(2)3/h5-12,14H,4,13H2,1-3H3,(H,21,23)(H,22,24). The average molecular weight is 340 g/mol. The largest absolute Gasteiger partial charge is 0.493 e. The molecule has 5 nitrogen and oxygen atoms in total. The molecule has 2 aromatic carbocycles. The van der Waals surface area contributed by atoms with Crippen molar-refractivity contribution in [1.29, 1.82) is 0 Å². The predicted octanol–water partition coefficient (Wildman–Crippen LogP) is 3.72. The maximum absolute atomic E-state index is 12.3. The molecule has 132 valence electrons. The Bertz CT molecular complexity index is 724. The van der Waals surface area contributed by atoms with E-state index in [4.69, 9.17) is 4.74 Å². The van der Waals surface area contributed by atoms with Crippen LogP contribution in [0.5, 0.6) is 5.75 Å². The first-order valence-corrected chi connectivity index (χ1v) is 8.42. The van der Waals surface area contributed by atoms with Crippen LogP contribution in [-0.4, -0.2) is 25.0 Å². The van der Waals surface area contributed by atoms with Gasteiger partial charge in [0.05, 0.1) is 6.61 Å². The summed E-state index contributed by atoms with van der Waals surface area (Å²) in [4.78, 5) is 24.2. The topological polar surface area (TPSA) is 67.4 Å². The smallest absolute Gasteiger partial charge is 0.255 e. The number of benzene rings is 2. The van der Waals surface area contributed by atoms with E-state index in [0.29, 0.717) is 35.9 Å². The summed E-state index contributed by atoms with van der Waals surface area (Å²) in [6.45, 7) is 7.21. The Labute approximate surface area is 148 Å². The van der Waals surface area contributed by atoms with E-state index in [9.17, 15) is 9.59 Å². The summed E-state index contributed by atoms with van der Waals surface area (Å²) in [5.41, 5.74) is 1.62. The molecule has 0 saturated carbocycles. The van der Waals surface area contributed by atoms with Crippen LogP contribution in [0, 0.1) is 5.92 Å². The van der Waals surface area contributed by atoms with Crippen molar-refractivity contribution >= 4 is 17.5 Å². The number of ether oxygens (including phenoxy) is 1. The van der Waals surface area contributed by atoms with Gasteiger partial charge in [-0.05, 0) is 55.3 Å². The van der Waals surface area contributed by atoms with Gasteiger partial charge < -0.3 is 15.4 Å². The average Bonchev–Trinajstić information content (AvgIpc) is 2.61. The van der Waals surface area contributed by atoms with Crippen LogP contribution in [0.25, 0.3) is 0 Å². The molecule has 25 heavy (non-hydrogen) atoms. The van der Waals surface area contributed by atoms with E-state index >= 15 is 0 Å². The van der Waals surface area contributed by atoms with Crippen molar-refractivity contribution in [3.05, 3.63) is 59.7 Å². The van der Waals surface area contributed by atoms with Crippen LogP contribution >= 0.6 is 0 Å². The van der Waals surface area contributed by atoms with Crippen LogP contribution < -0.4 is 15.4 Å². The molecule has 0 aliphatic heterocycles. The fraction of sp³-hybridized carbons (Fsp3) is 0.300. The van der Waals surface area contributed by atoms with E-state index in [1.54, 1.807) is 48.5 Å². The second-order valence-electron chi connectivity index (χ2n) is 6.12. The molecule has 0 atom stereocenters. The van der Waals surface area contributed by atoms with Crippen LogP contribution in [-0.2, 0) is 0 Å². The van der Waals surface area contributed by atoms with Crippen LogP contribution in [0.3, 0.4) is 0 Å². The molecule has 0 spiro atoms. The predicted molar refractivity (Wildman–Crippen MR) is 99.2 cm³/mol. The molecule has 0 unspecified atom stereocenters. The van der Waals surface area contributed by atoms with Gasteiger partial charge in [-0.2, -0.15) is 0 Å². The summed E-state index contributed by atoms with van der Waals surface area (Å²) in [6, 6.07) is 13.9. The first kappa shape index (κ1) is 18.5. The van der Waals surface area contributed by atoms with Crippen molar-refractivity contribution in [1.82, 2.24) is 5.32 Å². The Balaban J connectivity index is 2.02. The van der Waals surface area contributed by atoms with E-state index in [-0.39, 0.29) is 11.8 Å². The van der Waals surface area contributed by atoms with Crippen molar-refractivity contribution in [2.45, 2.75) is 20.8 Å². The summed E-state index contributed by atoms with van der Waals surface area (Å²) < 4.78 is 5.61. The lowest BCUT2D eigenvalue weighted by molar-refractivity contribution is 0.0954. The zero-order chi connectivity index (χ0) is 18.2. The number of amides is 2. The molecule has 5 heteroatoms. The Morgan fingerprint density at radius 3 is 2.36 bits per heavy atom.